The van der Waals surface area contributed by atoms with Crippen molar-refractivity contribution in [2.24, 2.45) is 0 Å². The Labute approximate surface area is 137 Å². The number of β-amino-alcohol motifs (C(OH)–C–C–N with tert-alkyl or cyclic N) is 1. The first-order valence-electron chi connectivity index (χ1n) is 7.92. The normalized spacial score (nSPS) is 18.4. The second-order valence-corrected chi connectivity index (χ2v) is 6.99. The maximum Gasteiger partial charge on any atom is 0.264 e. The molecule has 2 rings (SSSR count). The molecule has 124 valence electrons. The molecule has 0 aliphatic carbocycles. The van der Waals surface area contributed by atoms with Crippen LogP contribution in [0.1, 0.15) is 22.2 Å². The van der Waals surface area contributed by atoms with E-state index in [2.05, 4.69) is 23.8 Å². The Morgan fingerprint density at radius 1 is 1.41 bits per heavy atom. The summed E-state index contributed by atoms with van der Waals surface area (Å²) in [6, 6.07) is 2.01. The summed E-state index contributed by atoms with van der Waals surface area (Å²) in [5.74, 6) is 0.0178. The number of nitrogens with zero attached hydrogens (tertiary/aromatic N) is 3. The fourth-order valence-electron chi connectivity index (χ4n) is 2.76. The molecule has 1 aliphatic heterocycles. The summed E-state index contributed by atoms with van der Waals surface area (Å²) in [4.78, 5) is 19.5. The minimum Gasteiger partial charge on any atom is -0.390 e. The summed E-state index contributed by atoms with van der Waals surface area (Å²) in [5.41, 5.74) is 1.09. The molecular weight excluding hydrogens is 298 g/mol. The number of piperazine rings is 1. The molecule has 1 aromatic heterocycles. The number of carbonyl (C=O) groups is 1. The number of aliphatic hydroxyl groups excluding tert-OH is 1. The van der Waals surface area contributed by atoms with Gasteiger partial charge in [-0.3, -0.25) is 9.69 Å². The van der Waals surface area contributed by atoms with Gasteiger partial charge < -0.3 is 14.9 Å². The smallest absolute Gasteiger partial charge is 0.264 e. The van der Waals surface area contributed by atoms with Crippen LogP contribution in [0.4, 0.5) is 0 Å². The molecular formula is C16H27N3O2S. The number of carbonyl (C=O) groups excluding carboxylic acids is 1. The lowest BCUT2D eigenvalue weighted by Gasteiger charge is -2.34. The van der Waals surface area contributed by atoms with E-state index in [1.807, 2.05) is 11.4 Å². The first kappa shape index (κ1) is 17.4. The number of hydrogen-bond acceptors (Lipinski definition) is 5. The Hall–Kier alpha value is -0.950. The van der Waals surface area contributed by atoms with Crippen LogP contribution in [0, 0.1) is 0 Å². The van der Waals surface area contributed by atoms with Gasteiger partial charge in [-0.2, -0.15) is 0 Å². The highest BCUT2D eigenvalue weighted by atomic mass is 32.1. The summed E-state index contributed by atoms with van der Waals surface area (Å²) in [6.45, 7) is 7.11. The molecule has 0 bridgehead atoms. The van der Waals surface area contributed by atoms with Crippen LogP contribution in [0.5, 0.6) is 0 Å². The van der Waals surface area contributed by atoms with Crippen molar-refractivity contribution < 1.29 is 9.90 Å². The average Bonchev–Trinajstić information content (AvgIpc) is 2.97. The van der Waals surface area contributed by atoms with Crippen molar-refractivity contribution >= 4 is 17.2 Å². The Morgan fingerprint density at radius 2 is 2.09 bits per heavy atom. The number of hydrogen-bond donors (Lipinski definition) is 1. The van der Waals surface area contributed by atoms with Gasteiger partial charge >= 0.3 is 0 Å². The lowest BCUT2D eigenvalue weighted by Crippen LogP contribution is -2.49. The summed E-state index contributed by atoms with van der Waals surface area (Å²) in [7, 11) is 3.89. The highest BCUT2D eigenvalue weighted by Crippen LogP contribution is 2.19. The van der Waals surface area contributed by atoms with Crippen LogP contribution in [-0.2, 0) is 6.42 Å². The predicted molar refractivity (Wildman–Crippen MR) is 90.6 cm³/mol. The molecule has 1 aromatic rings. The molecule has 0 aromatic carbocycles. The Balaban J connectivity index is 1.83. The molecule has 2 heterocycles. The molecule has 6 heteroatoms. The van der Waals surface area contributed by atoms with Crippen molar-refractivity contribution in [3.05, 3.63) is 21.9 Å². The minimum atomic E-state index is -0.498. The third kappa shape index (κ3) is 4.52. The van der Waals surface area contributed by atoms with Crippen molar-refractivity contribution in [3.63, 3.8) is 0 Å². The average molecular weight is 325 g/mol. The van der Waals surface area contributed by atoms with Crippen molar-refractivity contribution in [1.29, 1.82) is 0 Å². The highest BCUT2D eigenvalue weighted by Gasteiger charge is 2.21. The molecule has 1 amide bonds. The van der Waals surface area contributed by atoms with Crippen LogP contribution < -0.4 is 0 Å². The van der Waals surface area contributed by atoms with Gasteiger partial charge in [0.05, 0.1) is 11.0 Å². The van der Waals surface area contributed by atoms with Crippen LogP contribution >= 0.6 is 11.3 Å². The van der Waals surface area contributed by atoms with Crippen LogP contribution in [-0.4, -0.2) is 85.2 Å². The van der Waals surface area contributed by atoms with Gasteiger partial charge in [-0.1, -0.05) is 6.92 Å². The molecule has 1 atom stereocenters. The van der Waals surface area contributed by atoms with E-state index < -0.39 is 6.10 Å². The molecule has 0 spiro atoms. The van der Waals surface area contributed by atoms with Crippen LogP contribution in [0.15, 0.2) is 11.4 Å². The summed E-state index contributed by atoms with van der Waals surface area (Å²) in [5, 5.41) is 12.2. The molecule has 0 saturated carbocycles. The minimum absolute atomic E-state index is 0.0178. The summed E-state index contributed by atoms with van der Waals surface area (Å²) >= 11 is 1.48. The van der Waals surface area contributed by atoms with Crippen molar-refractivity contribution in [2.75, 3.05) is 53.4 Å². The van der Waals surface area contributed by atoms with E-state index in [9.17, 15) is 9.90 Å². The second-order valence-electron chi connectivity index (χ2n) is 6.07. The lowest BCUT2D eigenvalue weighted by atomic mass is 10.2. The molecule has 1 fully saturated rings. The molecule has 22 heavy (non-hydrogen) atoms. The van der Waals surface area contributed by atoms with E-state index in [1.165, 1.54) is 11.3 Å². The lowest BCUT2D eigenvalue weighted by molar-refractivity contribution is 0.0504. The standard InChI is InChI=1S/C16H27N3O2S/c1-4-13-5-10-22-15(13)16(21)18(3)11-14(20)12-19-8-6-17(2)7-9-19/h5,10,14,20H,4,6-9,11-12H2,1-3H3. The molecule has 1 unspecified atom stereocenters. The van der Waals surface area contributed by atoms with Crippen LogP contribution in [0.25, 0.3) is 0 Å². The van der Waals surface area contributed by atoms with Crippen LogP contribution in [0.3, 0.4) is 0 Å². The molecule has 5 nitrogen and oxygen atoms in total. The van der Waals surface area contributed by atoms with E-state index in [-0.39, 0.29) is 5.91 Å². The Morgan fingerprint density at radius 3 is 2.73 bits per heavy atom. The van der Waals surface area contributed by atoms with Crippen molar-refractivity contribution in [3.8, 4) is 0 Å². The largest absolute Gasteiger partial charge is 0.390 e. The predicted octanol–water partition coefficient (Wildman–Crippen LogP) is 0.991. The summed E-state index contributed by atoms with van der Waals surface area (Å²) < 4.78 is 0. The van der Waals surface area contributed by atoms with Gasteiger partial charge in [0, 0.05) is 46.3 Å². The van der Waals surface area contributed by atoms with Crippen molar-refractivity contribution in [2.45, 2.75) is 19.4 Å². The maximum absolute atomic E-state index is 12.5. The molecule has 1 aliphatic rings. The fraction of sp³-hybridized carbons (Fsp3) is 0.688. The number of aliphatic hydroxyl groups is 1. The maximum atomic E-state index is 12.5. The molecule has 0 radical (unpaired) electrons. The number of thiophene rings is 1. The van der Waals surface area contributed by atoms with Gasteiger partial charge in [0.25, 0.3) is 5.91 Å². The molecule has 1 saturated heterocycles. The Bertz CT molecular complexity index is 483. The number of rotatable bonds is 6. The van der Waals surface area contributed by atoms with Gasteiger partial charge in [-0.25, -0.2) is 0 Å². The Kier molecular flexibility index (Phi) is 6.37. The number of aryl methyl sites for hydroxylation is 1. The van der Waals surface area contributed by atoms with Gasteiger partial charge in [-0.15, -0.1) is 11.3 Å². The van der Waals surface area contributed by atoms with E-state index in [4.69, 9.17) is 0 Å². The number of likely N-dealkylation sites (N-methyl/N-ethyl adjacent to an activating group) is 2. The third-order valence-electron chi connectivity index (χ3n) is 4.22. The van der Waals surface area contributed by atoms with Gasteiger partial charge in [0.15, 0.2) is 0 Å². The summed E-state index contributed by atoms with van der Waals surface area (Å²) in [6.07, 6.45) is 0.366. The molecule has 1 N–H and O–H groups in total. The number of amides is 1. The van der Waals surface area contributed by atoms with E-state index in [0.717, 1.165) is 43.0 Å². The van der Waals surface area contributed by atoms with Gasteiger partial charge in [0.1, 0.15) is 0 Å². The van der Waals surface area contributed by atoms with Crippen molar-refractivity contribution in [1.82, 2.24) is 14.7 Å². The van der Waals surface area contributed by atoms with Gasteiger partial charge in [-0.05, 0) is 30.5 Å². The zero-order valence-electron chi connectivity index (χ0n) is 13.8. The zero-order valence-corrected chi connectivity index (χ0v) is 14.6. The SMILES string of the molecule is CCc1ccsc1C(=O)N(C)CC(O)CN1CCN(C)CC1. The first-order chi connectivity index (χ1) is 10.5. The van der Waals surface area contributed by atoms with E-state index in [0.29, 0.717) is 13.1 Å². The first-order valence-corrected chi connectivity index (χ1v) is 8.80. The third-order valence-corrected chi connectivity index (χ3v) is 5.16. The second kappa shape index (κ2) is 8.06. The topological polar surface area (TPSA) is 47.0 Å². The van der Waals surface area contributed by atoms with E-state index in [1.54, 1.807) is 11.9 Å². The van der Waals surface area contributed by atoms with Gasteiger partial charge in [0.2, 0.25) is 0 Å². The fourth-order valence-corrected chi connectivity index (χ4v) is 3.75. The highest BCUT2D eigenvalue weighted by molar-refractivity contribution is 7.12. The zero-order chi connectivity index (χ0) is 16.1. The van der Waals surface area contributed by atoms with Crippen LogP contribution in [0.2, 0.25) is 0 Å². The quantitative estimate of drug-likeness (QED) is 0.847. The van der Waals surface area contributed by atoms with E-state index >= 15 is 0 Å². The monoisotopic (exact) mass is 325 g/mol.